The van der Waals surface area contributed by atoms with Crippen molar-refractivity contribution < 1.29 is 0 Å². The summed E-state index contributed by atoms with van der Waals surface area (Å²) >= 11 is 6.31. The molecule has 0 fully saturated rings. The molecule has 4 nitrogen and oxygen atoms in total. The molecule has 0 aliphatic heterocycles. The molecule has 2 heterocycles. The van der Waals surface area contributed by atoms with Crippen LogP contribution in [0.3, 0.4) is 0 Å². The number of rotatable bonds is 2. The fraction of sp³-hybridized carbons (Fsp3) is 0.0588. The zero-order valence-electron chi connectivity index (χ0n) is 11.8. The molecule has 107 valence electrons. The molecule has 2 aromatic heterocycles. The Labute approximate surface area is 132 Å². The van der Waals surface area contributed by atoms with E-state index in [1.54, 1.807) is 12.5 Å². The first-order chi connectivity index (χ1) is 10.7. The van der Waals surface area contributed by atoms with Gasteiger partial charge in [0.1, 0.15) is 5.52 Å². The van der Waals surface area contributed by atoms with Crippen molar-refractivity contribution in [1.29, 1.82) is 0 Å². The molecule has 0 saturated heterocycles. The lowest BCUT2D eigenvalue weighted by atomic mass is 10.2. The van der Waals surface area contributed by atoms with Crippen LogP contribution in [-0.2, 0) is 0 Å². The predicted molar refractivity (Wildman–Crippen MR) is 88.8 cm³/mol. The van der Waals surface area contributed by atoms with E-state index < -0.39 is 0 Å². The number of aromatic nitrogens is 3. The summed E-state index contributed by atoms with van der Waals surface area (Å²) in [7, 11) is 0. The van der Waals surface area contributed by atoms with Gasteiger partial charge < -0.3 is 5.32 Å². The molecule has 22 heavy (non-hydrogen) atoms. The predicted octanol–water partition coefficient (Wildman–Crippen LogP) is 4.39. The number of halogens is 1. The summed E-state index contributed by atoms with van der Waals surface area (Å²) in [5.41, 5.74) is 4.66. The van der Waals surface area contributed by atoms with Crippen LogP contribution in [0, 0.1) is 13.0 Å². The first-order valence-corrected chi connectivity index (χ1v) is 7.26. The van der Waals surface area contributed by atoms with Crippen LogP contribution in [0.15, 0.2) is 48.9 Å². The van der Waals surface area contributed by atoms with Crippen LogP contribution in [0.4, 0.5) is 11.5 Å². The molecular formula is C17H12ClN4. The van der Waals surface area contributed by atoms with Crippen molar-refractivity contribution in [3.05, 3.63) is 65.6 Å². The number of fused-ring (bicyclic) bond motifs is 3. The summed E-state index contributed by atoms with van der Waals surface area (Å²) in [6, 6.07) is 14.6. The summed E-state index contributed by atoms with van der Waals surface area (Å²) < 4.78 is 1.99. The number of aryl methyl sites for hydroxylation is 1. The third kappa shape index (κ3) is 2.00. The molecule has 0 bridgehead atoms. The van der Waals surface area contributed by atoms with Gasteiger partial charge in [0.25, 0.3) is 0 Å². The Balaban J connectivity index is 1.96. The molecule has 1 radical (unpaired) electrons. The lowest BCUT2D eigenvalue weighted by Gasteiger charge is -2.13. The first-order valence-electron chi connectivity index (χ1n) is 6.88. The van der Waals surface area contributed by atoms with E-state index in [-0.39, 0.29) is 0 Å². The third-order valence-corrected chi connectivity index (χ3v) is 3.97. The molecular weight excluding hydrogens is 296 g/mol. The molecule has 0 amide bonds. The highest BCUT2D eigenvalue weighted by Crippen LogP contribution is 2.30. The summed E-state index contributed by atoms with van der Waals surface area (Å²) in [6.45, 7) is 2.01. The van der Waals surface area contributed by atoms with Gasteiger partial charge >= 0.3 is 0 Å². The molecule has 5 heteroatoms. The van der Waals surface area contributed by atoms with Crippen molar-refractivity contribution in [2.75, 3.05) is 5.32 Å². The lowest BCUT2D eigenvalue weighted by molar-refractivity contribution is 1.18. The number of benzene rings is 2. The number of anilines is 2. The number of imidazole rings is 1. The van der Waals surface area contributed by atoms with Gasteiger partial charge in [-0.15, -0.1) is 0 Å². The molecule has 4 rings (SSSR count). The normalized spacial score (nSPS) is 11.2. The molecule has 1 N–H and O–H groups in total. The van der Waals surface area contributed by atoms with Crippen molar-refractivity contribution in [1.82, 2.24) is 14.4 Å². The van der Waals surface area contributed by atoms with E-state index in [4.69, 9.17) is 16.6 Å². The van der Waals surface area contributed by atoms with Crippen molar-refractivity contribution in [3.63, 3.8) is 0 Å². The zero-order chi connectivity index (χ0) is 15.1. The maximum absolute atomic E-state index is 6.31. The number of hydrogen-bond acceptors (Lipinski definition) is 3. The van der Waals surface area contributed by atoms with Crippen LogP contribution in [0.5, 0.6) is 0 Å². The molecule has 0 atom stereocenters. The summed E-state index contributed by atoms with van der Waals surface area (Å²) in [5.74, 6) is 0.729. The maximum atomic E-state index is 6.31. The number of hydrogen-bond donors (Lipinski definition) is 1. The maximum Gasteiger partial charge on any atom is 0.157 e. The molecule has 2 aromatic carbocycles. The Bertz CT molecular complexity index is 970. The van der Waals surface area contributed by atoms with Crippen LogP contribution >= 0.6 is 11.6 Å². The Hall–Kier alpha value is -2.59. The Kier molecular flexibility index (Phi) is 2.98. The molecule has 0 saturated carbocycles. The second-order valence-electron chi connectivity index (χ2n) is 5.08. The van der Waals surface area contributed by atoms with Crippen molar-refractivity contribution in [2.45, 2.75) is 6.92 Å². The average molecular weight is 308 g/mol. The molecule has 0 unspecified atom stereocenters. The lowest BCUT2D eigenvalue weighted by Crippen LogP contribution is -2.00. The van der Waals surface area contributed by atoms with Crippen LogP contribution in [0.25, 0.3) is 16.6 Å². The monoisotopic (exact) mass is 307 g/mol. The van der Waals surface area contributed by atoms with Gasteiger partial charge in [-0.25, -0.2) is 9.97 Å². The van der Waals surface area contributed by atoms with Gasteiger partial charge in [0.2, 0.25) is 0 Å². The second kappa shape index (κ2) is 5.00. The van der Waals surface area contributed by atoms with Crippen LogP contribution in [0.2, 0.25) is 5.02 Å². The first kappa shape index (κ1) is 13.1. The van der Waals surface area contributed by atoms with Gasteiger partial charge in [-0.1, -0.05) is 29.8 Å². The van der Waals surface area contributed by atoms with E-state index in [0.717, 1.165) is 33.6 Å². The fourth-order valence-corrected chi connectivity index (χ4v) is 2.81. The number of para-hydroxylation sites is 1. The third-order valence-electron chi connectivity index (χ3n) is 3.66. The van der Waals surface area contributed by atoms with E-state index >= 15 is 0 Å². The van der Waals surface area contributed by atoms with Crippen molar-refractivity contribution in [2.24, 2.45) is 0 Å². The molecule has 0 spiro atoms. The molecule has 0 aliphatic rings. The molecule has 0 aliphatic carbocycles. The second-order valence-corrected chi connectivity index (χ2v) is 5.49. The average Bonchev–Trinajstić information content (AvgIpc) is 3.01. The van der Waals surface area contributed by atoms with Gasteiger partial charge in [-0.3, -0.25) is 4.40 Å². The Morgan fingerprint density at radius 1 is 1.23 bits per heavy atom. The van der Waals surface area contributed by atoms with Gasteiger partial charge in [0.15, 0.2) is 5.82 Å². The SMILES string of the molecule is Cc1cccc(Cl)c1Nc1nc2cc[c]cc2n2cncc12. The smallest absolute Gasteiger partial charge is 0.157 e. The standard InChI is InChI=1S/C17H12ClN4/c1-11-5-4-6-12(18)16(11)21-17-15-9-19-10-22(15)14-8-3-2-7-13(14)20-17/h2,4-10H,1H3,(H,20,21). The minimum Gasteiger partial charge on any atom is -0.337 e. The quantitative estimate of drug-likeness (QED) is 0.597. The van der Waals surface area contributed by atoms with E-state index in [0.29, 0.717) is 5.02 Å². The molecule has 4 aromatic rings. The van der Waals surface area contributed by atoms with Gasteiger partial charge in [0.05, 0.1) is 34.3 Å². The summed E-state index contributed by atoms with van der Waals surface area (Å²) in [4.78, 5) is 8.94. The van der Waals surface area contributed by atoms with E-state index in [2.05, 4.69) is 16.4 Å². The Morgan fingerprint density at radius 2 is 2.14 bits per heavy atom. The minimum absolute atomic E-state index is 0.668. The number of nitrogens with zero attached hydrogens (tertiary/aromatic N) is 3. The van der Waals surface area contributed by atoms with Gasteiger partial charge in [-0.05, 0) is 36.8 Å². The minimum atomic E-state index is 0.668. The summed E-state index contributed by atoms with van der Waals surface area (Å²) in [5, 5.41) is 4.02. The zero-order valence-corrected chi connectivity index (χ0v) is 12.6. The van der Waals surface area contributed by atoms with Crippen molar-refractivity contribution >= 4 is 39.7 Å². The Morgan fingerprint density at radius 3 is 3.00 bits per heavy atom. The van der Waals surface area contributed by atoms with Gasteiger partial charge in [0, 0.05) is 0 Å². The van der Waals surface area contributed by atoms with Gasteiger partial charge in [-0.2, -0.15) is 0 Å². The topological polar surface area (TPSA) is 42.2 Å². The van der Waals surface area contributed by atoms with Crippen LogP contribution in [-0.4, -0.2) is 14.4 Å². The van der Waals surface area contributed by atoms with E-state index in [1.807, 2.05) is 47.7 Å². The highest BCUT2D eigenvalue weighted by molar-refractivity contribution is 6.33. The largest absolute Gasteiger partial charge is 0.337 e. The number of nitrogens with one attached hydrogen (secondary N) is 1. The van der Waals surface area contributed by atoms with Crippen LogP contribution < -0.4 is 5.32 Å². The van der Waals surface area contributed by atoms with Crippen molar-refractivity contribution in [3.8, 4) is 0 Å². The fourth-order valence-electron chi connectivity index (χ4n) is 2.54. The van der Waals surface area contributed by atoms with E-state index in [9.17, 15) is 0 Å². The highest BCUT2D eigenvalue weighted by atomic mass is 35.5. The van der Waals surface area contributed by atoms with E-state index in [1.165, 1.54) is 0 Å². The van der Waals surface area contributed by atoms with Crippen LogP contribution in [0.1, 0.15) is 5.56 Å². The summed E-state index contributed by atoms with van der Waals surface area (Å²) in [6.07, 6.45) is 3.56. The highest BCUT2D eigenvalue weighted by Gasteiger charge is 2.11.